The Hall–Kier alpha value is -4.51. The number of nitrogens with two attached hydrogens (primary N) is 1. The minimum Gasteiger partial charge on any atom is -0.494 e. The van der Waals surface area contributed by atoms with Gasteiger partial charge in [-0.1, -0.05) is 23.3 Å². The van der Waals surface area contributed by atoms with Crippen molar-refractivity contribution in [1.82, 2.24) is 20.1 Å². The molecule has 7 rings (SSSR count). The first-order chi connectivity index (χ1) is 21.1. The van der Waals surface area contributed by atoms with E-state index >= 15 is 4.39 Å². The third-order valence-corrected chi connectivity index (χ3v) is 8.90. The van der Waals surface area contributed by atoms with E-state index in [1.54, 1.807) is 32.2 Å². The lowest BCUT2D eigenvalue weighted by atomic mass is 9.82. The van der Waals surface area contributed by atoms with E-state index in [0.29, 0.717) is 46.6 Å². The number of aromatic nitrogens is 3. The van der Waals surface area contributed by atoms with Crippen LogP contribution < -0.4 is 20.5 Å². The number of allylic oxidation sites excluding steroid dienone is 1. The van der Waals surface area contributed by atoms with Gasteiger partial charge in [-0.05, 0) is 50.5 Å². The Bertz CT molecular complexity index is 1920. The van der Waals surface area contributed by atoms with Crippen molar-refractivity contribution >= 4 is 34.3 Å². The number of hydrogen-bond acceptors (Lipinski definition) is 6. The summed E-state index contributed by atoms with van der Waals surface area (Å²) in [6.07, 6.45) is 6.79. The van der Waals surface area contributed by atoms with E-state index < -0.39 is 28.9 Å². The first kappa shape index (κ1) is 28.3. The van der Waals surface area contributed by atoms with E-state index in [0.717, 1.165) is 29.9 Å². The molecule has 3 N–H and O–H groups in total. The van der Waals surface area contributed by atoms with Crippen LogP contribution in [-0.4, -0.2) is 46.8 Å². The first-order valence-corrected chi connectivity index (χ1v) is 14.6. The van der Waals surface area contributed by atoms with E-state index in [2.05, 4.69) is 10.4 Å². The summed E-state index contributed by atoms with van der Waals surface area (Å²) in [5, 5.41) is 8.16. The number of benzene rings is 2. The molecule has 3 aliphatic rings. The SMILES string of the molecule is COc1cc(C(=O)NC[C@@H](C2=CC2)c2cc3c(c(-c4cc(Cl)c(F)cc4F)n2)OC[C@]3(C)C(N)=O)cc2cn(C3CC3)nc12. The Balaban J connectivity index is 1.25. The lowest BCUT2D eigenvalue weighted by Crippen LogP contribution is -2.40. The highest BCUT2D eigenvalue weighted by atomic mass is 35.5. The molecule has 0 bridgehead atoms. The van der Waals surface area contributed by atoms with Crippen molar-refractivity contribution in [1.29, 1.82) is 0 Å². The van der Waals surface area contributed by atoms with Gasteiger partial charge in [0.25, 0.3) is 5.91 Å². The molecular formula is C32H28ClF2N5O4. The predicted molar refractivity (Wildman–Crippen MR) is 159 cm³/mol. The molecule has 0 spiro atoms. The van der Waals surface area contributed by atoms with Crippen LogP contribution in [0.4, 0.5) is 8.78 Å². The molecule has 2 amide bonds. The average molecular weight is 620 g/mol. The molecule has 2 aromatic heterocycles. The molecular weight excluding hydrogens is 592 g/mol. The molecule has 4 aromatic rings. The zero-order valence-electron chi connectivity index (χ0n) is 23.9. The van der Waals surface area contributed by atoms with Gasteiger partial charge in [-0.15, -0.1) is 0 Å². The normalized spacial score (nSPS) is 19.2. The first-order valence-electron chi connectivity index (χ1n) is 14.2. The lowest BCUT2D eigenvalue weighted by molar-refractivity contribution is -0.123. The van der Waals surface area contributed by atoms with Gasteiger partial charge < -0.3 is 20.5 Å². The lowest BCUT2D eigenvalue weighted by Gasteiger charge is -2.22. The molecule has 2 atom stereocenters. The summed E-state index contributed by atoms with van der Waals surface area (Å²) >= 11 is 6.02. The summed E-state index contributed by atoms with van der Waals surface area (Å²) in [6.45, 7) is 1.74. The second-order valence-corrected chi connectivity index (χ2v) is 12.1. The summed E-state index contributed by atoms with van der Waals surface area (Å²) < 4.78 is 42.5. The number of fused-ring (bicyclic) bond motifs is 2. The molecule has 1 saturated carbocycles. The third kappa shape index (κ3) is 4.75. The van der Waals surface area contributed by atoms with Gasteiger partial charge in [-0.2, -0.15) is 5.10 Å². The highest BCUT2D eigenvalue weighted by molar-refractivity contribution is 6.31. The van der Waals surface area contributed by atoms with Gasteiger partial charge in [0.1, 0.15) is 46.4 Å². The average Bonchev–Trinajstić information content (AvgIpc) is 3.94. The molecule has 44 heavy (non-hydrogen) atoms. The molecule has 0 saturated heterocycles. The fourth-order valence-electron chi connectivity index (χ4n) is 5.67. The largest absolute Gasteiger partial charge is 0.494 e. The van der Waals surface area contributed by atoms with Crippen molar-refractivity contribution in [3.8, 4) is 22.8 Å². The molecule has 2 aliphatic carbocycles. The monoisotopic (exact) mass is 619 g/mol. The number of primary amides is 1. The highest BCUT2D eigenvalue weighted by Gasteiger charge is 2.45. The number of nitrogens with one attached hydrogen (secondary N) is 1. The van der Waals surface area contributed by atoms with Gasteiger partial charge in [-0.3, -0.25) is 14.3 Å². The van der Waals surface area contributed by atoms with Crippen LogP contribution in [0.25, 0.3) is 22.2 Å². The second-order valence-electron chi connectivity index (χ2n) is 11.7. The van der Waals surface area contributed by atoms with Crippen molar-refractivity contribution in [3.63, 3.8) is 0 Å². The number of amides is 2. The van der Waals surface area contributed by atoms with Crippen LogP contribution in [0.3, 0.4) is 0 Å². The number of carbonyl (C=O) groups is 2. The topological polar surface area (TPSA) is 121 Å². The number of hydrogen-bond donors (Lipinski definition) is 2. The summed E-state index contributed by atoms with van der Waals surface area (Å²) in [7, 11) is 1.54. The molecule has 12 heteroatoms. The van der Waals surface area contributed by atoms with Crippen LogP contribution in [0.5, 0.6) is 11.5 Å². The van der Waals surface area contributed by atoms with Crippen LogP contribution in [-0.2, 0) is 10.2 Å². The number of halogens is 3. The smallest absolute Gasteiger partial charge is 0.251 e. The quantitative estimate of drug-likeness (QED) is 0.192. The Labute approximate surface area is 256 Å². The van der Waals surface area contributed by atoms with Crippen LogP contribution in [0.2, 0.25) is 5.02 Å². The van der Waals surface area contributed by atoms with E-state index in [9.17, 15) is 14.0 Å². The van der Waals surface area contributed by atoms with Crippen LogP contribution in [0, 0.1) is 11.6 Å². The summed E-state index contributed by atoms with van der Waals surface area (Å²) in [5.74, 6) is -2.47. The molecule has 226 valence electrons. The molecule has 0 unspecified atom stereocenters. The third-order valence-electron chi connectivity index (χ3n) is 8.61. The van der Waals surface area contributed by atoms with E-state index in [4.69, 9.17) is 31.8 Å². The van der Waals surface area contributed by atoms with Crippen molar-refractivity contribution in [3.05, 3.63) is 81.7 Å². The molecule has 3 heterocycles. The zero-order chi connectivity index (χ0) is 30.9. The van der Waals surface area contributed by atoms with E-state index in [1.807, 2.05) is 17.0 Å². The maximum atomic E-state index is 15.1. The minimum absolute atomic E-state index is 0.0713. The van der Waals surface area contributed by atoms with Gasteiger partial charge in [0.15, 0.2) is 0 Å². The Morgan fingerprint density at radius 1 is 1.23 bits per heavy atom. The van der Waals surface area contributed by atoms with E-state index in [1.165, 1.54) is 0 Å². The maximum absolute atomic E-state index is 15.1. The molecule has 9 nitrogen and oxygen atoms in total. The van der Waals surface area contributed by atoms with E-state index in [-0.39, 0.29) is 41.1 Å². The number of rotatable bonds is 9. The van der Waals surface area contributed by atoms with Crippen LogP contribution in [0.1, 0.15) is 59.8 Å². The molecule has 1 aliphatic heterocycles. The van der Waals surface area contributed by atoms with Gasteiger partial charge in [0, 0.05) is 46.8 Å². The van der Waals surface area contributed by atoms with Gasteiger partial charge in [-0.25, -0.2) is 13.8 Å². The molecule has 0 radical (unpaired) electrons. The van der Waals surface area contributed by atoms with Gasteiger partial charge >= 0.3 is 0 Å². The summed E-state index contributed by atoms with van der Waals surface area (Å²) in [5.41, 5.74) is 7.59. The summed E-state index contributed by atoms with van der Waals surface area (Å²) in [4.78, 5) is 30.8. The number of nitrogens with zero attached hydrogens (tertiary/aromatic N) is 3. The minimum atomic E-state index is -1.22. The Morgan fingerprint density at radius 2 is 2.00 bits per heavy atom. The number of methoxy groups -OCH3 is 1. The van der Waals surface area contributed by atoms with Crippen LogP contribution in [0.15, 0.2) is 48.2 Å². The zero-order valence-corrected chi connectivity index (χ0v) is 24.7. The molecule has 1 fully saturated rings. The number of pyridine rings is 1. The fraction of sp³-hybridized carbons (Fsp3) is 0.312. The standard InChI is InChI=1S/C32H28ClF2N5O4/c1-32(31(36)42)14-44-29-21(32)10-25(38-28(29)19-9-22(33)24(35)11-23(19)34)20(15-3-4-15)12-37-30(41)16-7-17-13-40(18-5-6-18)39-27(17)26(8-16)43-2/h3,7-11,13,18,20H,4-6,12,14H2,1-2H3,(H2,36,42)(H,37,41)/t20-,32-/m0/s1. The highest BCUT2D eigenvalue weighted by Crippen LogP contribution is 2.47. The van der Waals surface area contributed by atoms with Gasteiger partial charge in [0.2, 0.25) is 5.91 Å². The second kappa shape index (κ2) is 10.3. The van der Waals surface area contributed by atoms with Crippen LogP contribution >= 0.6 is 11.6 Å². The van der Waals surface area contributed by atoms with Gasteiger partial charge in [0.05, 0.1) is 23.9 Å². The summed E-state index contributed by atoms with van der Waals surface area (Å²) in [6, 6.07) is 7.37. The maximum Gasteiger partial charge on any atom is 0.251 e. The van der Waals surface area contributed by atoms with Crippen molar-refractivity contribution < 1.29 is 27.8 Å². The van der Waals surface area contributed by atoms with Crippen molar-refractivity contribution in [2.75, 3.05) is 20.3 Å². The van der Waals surface area contributed by atoms with Crippen molar-refractivity contribution in [2.24, 2.45) is 5.73 Å². The predicted octanol–water partition coefficient (Wildman–Crippen LogP) is 5.35. The Kier molecular flexibility index (Phi) is 6.61. The molecule has 2 aromatic carbocycles. The Morgan fingerprint density at radius 3 is 2.68 bits per heavy atom. The number of carbonyl (C=O) groups excluding carboxylic acids is 2. The number of ether oxygens (including phenoxy) is 2. The van der Waals surface area contributed by atoms with Crippen molar-refractivity contribution in [2.45, 2.75) is 43.6 Å². The fourth-order valence-corrected chi connectivity index (χ4v) is 5.84.